The Bertz CT molecular complexity index is 481. The summed E-state index contributed by atoms with van der Waals surface area (Å²) >= 11 is 5.58. The predicted molar refractivity (Wildman–Crippen MR) is 65.5 cm³/mol. The molecule has 1 aromatic rings. The number of rotatable bonds is 6. The van der Waals surface area contributed by atoms with E-state index in [2.05, 4.69) is 5.10 Å². The summed E-state index contributed by atoms with van der Waals surface area (Å²) in [6.45, 7) is 0.645. The van der Waals surface area contributed by atoms with E-state index in [-0.39, 0.29) is 10.9 Å². The summed E-state index contributed by atoms with van der Waals surface area (Å²) < 4.78 is 27.4. The molecular formula is C10H16ClN3O2S. The van der Waals surface area contributed by atoms with Crippen LogP contribution in [0.25, 0.3) is 0 Å². The first-order valence-electron chi connectivity index (χ1n) is 5.62. The maximum atomic E-state index is 12.1. The van der Waals surface area contributed by atoms with Gasteiger partial charge in [0, 0.05) is 31.7 Å². The Balaban J connectivity index is 2.12. The summed E-state index contributed by atoms with van der Waals surface area (Å²) in [6.07, 6.45) is 5.66. The van der Waals surface area contributed by atoms with Gasteiger partial charge in [0.2, 0.25) is 10.0 Å². The van der Waals surface area contributed by atoms with Gasteiger partial charge in [-0.15, -0.1) is 11.6 Å². The standard InChI is InChI=1S/C10H16ClN3O2S/c1-13(9-3-4-9)17(15,16)10-7-12-14(8-10)6-2-5-11/h7-9H,2-6H2,1H3. The van der Waals surface area contributed by atoms with E-state index in [4.69, 9.17) is 11.6 Å². The predicted octanol–water partition coefficient (Wildman–Crippen LogP) is 1.29. The van der Waals surface area contributed by atoms with Crippen molar-refractivity contribution >= 4 is 21.6 Å². The van der Waals surface area contributed by atoms with E-state index in [1.807, 2.05) is 0 Å². The van der Waals surface area contributed by atoms with Crippen LogP contribution in [0, 0.1) is 0 Å². The molecule has 17 heavy (non-hydrogen) atoms. The molecule has 0 radical (unpaired) electrons. The van der Waals surface area contributed by atoms with Crippen molar-refractivity contribution in [1.82, 2.24) is 14.1 Å². The number of nitrogens with zero attached hydrogens (tertiary/aromatic N) is 3. The number of aromatic nitrogens is 2. The van der Waals surface area contributed by atoms with Crippen molar-refractivity contribution in [3.8, 4) is 0 Å². The summed E-state index contributed by atoms with van der Waals surface area (Å²) in [7, 11) is -1.73. The molecule has 0 saturated heterocycles. The van der Waals surface area contributed by atoms with Crippen molar-refractivity contribution in [3.05, 3.63) is 12.4 Å². The highest BCUT2D eigenvalue weighted by Crippen LogP contribution is 2.30. The molecule has 0 aromatic carbocycles. The fourth-order valence-corrected chi connectivity index (χ4v) is 3.11. The van der Waals surface area contributed by atoms with Crippen LogP contribution >= 0.6 is 11.6 Å². The van der Waals surface area contributed by atoms with Gasteiger partial charge < -0.3 is 0 Å². The third-order valence-corrected chi connectivity index (χ3v) is 5.00. The van der Waals surface area contributed by atoms with E-state index in [1.165, 1.54) is 10.5 Å². The van der Waals surface area contributed by atoms with Gasteiger partial charge in [0.1, 0.15) is 4.90 Å². The number of aryl methyl sites for hydroxylation is 1. The summed E-state index contributed by atoms with van der Waals surface area (Å²) in [5.74, 6) is 0.546. The van der Waals surface area contributed by atoms with Crippen LogP contribution in [0.15, 0.2) is 17.3 Å². The summed E-state index contributed by atoms with van der Waals surface area (Å²) in [4.78, 5) is 0.265. The molecule has 7 heteroatoms. The zero-order valence-electron chi connectivity index (χ0n) is 9.71. The number of hydrogen-bond donors (Lipinski definition) is 0. The van der Waals surface area contributed by atoms with Crippen LogP contribution in [0.3, 0.4) is 0 Å². The van der Waals surface area contributed by atoms with Gasteiger partial charge >= 0.3 is 0 Å². The molecule has 0 unspecified atom stereocenters. The van der Waals surface area contributed by atoms with Crippen LogP contribution in [0.1, 0.15) is 19.3 Å². The monoisotopic (exact) mass is 277 g/mol. The van der Waals surface area contributed by atoms with E-state index in [0.29, 0.717) is 12.4 Å². The summed E-state index contributed by atoms with van der Waals surface area (Å²) in [6, 6.07) is 0.172. The Morgan fingerprint density at radius 2 is 2.29 bits per heavy atom. The average Bonchev–Trinajstić information content (AvgIpc) is 3.03. The quantitative estimate of drug-likeness (QED) is 0.737. The molecule has 1 aliphatic rings. The maximum absolute atomic E-state index is 12.1. The fourth-order valence-electron chi connectivity index (χ4n) is 1.62. The Hall–Kier alpha value is -0.590. The summed E-state index contributed by atoms with van der Waals surface area (Å²) in [5.41, 5.74) is 0. The highest BCUT2D eigenvalue weighted by molar-refractivity contribution is 7.89. The first-order valence-corrected chi connectivity index (χ1v) is 7.59. The molecule has 0 spiro atoms. The van der Waals surface area contributed by atoms with Crippen molar-refractivity contribution in [1.29, 1.82) is 0 Å². The minimum Gasteiger partial charge on any atom is -0.271 e. The van der Waals surface area contributed by atoms with Gasteiger partial charge in [-0.1, -0.05) is 0 Å². The molecule has 1 fully saturated rings. The molecule has 1 aromatic heterocycles. The first-order chi connectivity index (χ1) is 8.05. The molecule has 96 valence electrons. The van der Waals surface area contributed by atoms with Crippen LogP contribution in [0.4, 0.5) is 0 Å². The fraction of sp³-hybridized carbons (Fsp3) is 0.700. The number of sulfonamides is 1. The van der Waals surface area contributed by atoms with E-state index >= 15 is 0 Å². The van der Waals surface area contributed by atoms with Crippen LogP contribution < -0.4 is 0 Å². The number of hydrogen-bond acceptors (Lipinski definition) is 3. The maximum Gasteiger partial charge on any atom is 0.246 e. The van der Waals surface area contributed by atoms with Crippen LogP contribution in [0.2, 0.25) is 0 Å². The second kappa shape index (κ2) is 4.96. The van der Waals surface area contributed by atoms with Crippen molar-refractivity contribution < 1.29 is 8.42 Å². The zero-order valence-corrected chi connectivity index (χ0v) is 11.3. The third-order valence-electron chi connectivity index (χ3n) is 2.87. The Morgan fingerprint density at radius 3 is 2.88 bits per heavy atom. The third kappa shape index (κ3) is 2.81. The van der Waals surface area contributed by atoms with Crippen LogP contribution in [-0.2, 0) is 16.6 Å². The lowest BCUT2D eigenvalue weighted by Crippen LogP contribution is -2.28. The Labute approximate surface area is 106 Å². The van der Waals surface area contributed by atoms with E-state index in [9.17, 15) is 8.42 Å². The second-order valence-electron chi connectivity index (χ2n) is 4.23. The molecule has 0 N–H and O–H groups in total. The molecule has 1 saturated carbocycles. The molecule has 2 rings (SSSR count). The molecule has 1 heterocycles. The lowest BCUT2D eigenvalue weighted by Gasteiger charge is -2.14. The van der Waals surface area contributed by atoms with Gasteiger partial charge in [-0.3, -0.25) is 4.68 Å². The number of halogens is 1. The molecule has 5 nitrogen and oxygen atoms in total. The van der Waals surface area contributed by atoms with E-state index in [1.54, 1.807) is 17.9 Å². The average molecular weight is 278 g/mol. The van der Waals surface area contributed by atoms with Crippen LogP contribution in [-0.4, -0.2) is 41.5 Å². The van der Waals surface area contributed by atoms with Gasteiger partial charge in [-0.25, -0.2) is 8.42 Å². The largest absolute Gasteiger partial charge is 0.271 e. The second-order valence-corrected chi connectivity index (χ2v) is 6.61. The lowest BCUT2D eigenvalue weighted by molar-refractivity contribution is 0.464. The molecular weight excluding hydrogens is 262 g/mol. The van der Waals surface area contributed by atoms with Crippen molar-refractivity contribution in [3.63, 3.8) is 0 Å². The van der Waals surface area contributed by atoms with Crippen molar-refractivity contribution in [2.24, 2.45) is 0 Å². The smallest absolute Gasteiger partial charge is 0.246 e. The van der Waals surface area contributed by atoms with Crippen LogP contribution in [0.5, 0.6) is 0 Å². The van der Waals surface area contributed by atoms with E-state index < -0.39 is 10.0 Å². The molecule has 0 amide bonds. The van der Waals surface area contributed by atoms with Crippen molar-refractivity contribution in [2.75, 3.05) is 12.9 Å². The highest BCUT2D eigenvalue weighted by Gasteiger charge is 2.35. The van der Waals surface area contributed by atoms with E-state index in [0.717, 1.165) is 19.3 Å². The minimum absolute atomic E-state index is 0.172. The first kappa shape index (κ1) is 12.9. The van der Waals surface area contributed by atoms with Gasteiger partial charge in [0.25, 0.3) is 0 Å². The SMILES string of the molecule is CN(C1CC1)S(=O)(=O)c1cnn(CCCCl)c1. The van der Waals surface area contributed by atoms with Crippen molar-refractivity contribution in [2.45, 2.75) is 36.7 Å². The highest BCUT2D eigenvalue weighted by atomic mass is 35.5. The molecule has 0 bridgehead atoms. The minimum atomic E-state index is -3.36. The Morgan fingerprint density at radius 1 is 1.59 bits per heavy atom. The van der Waals surface area contributed by atoms with Gasteiger partial charge in [-0.05, 0) is 19.3 Å². The lowest BCUT2D eigenvalue weighted by atomic mass is 10.5. The summed E-state index contributed by atoms with van der Waals surface area (Å²) in [5, 5.41) is 4.03. The topological polar surface area (TPSA) is 55.2 Å². The molecule has 0 atom stereocenters. The van der Waals surface area contributed by atoms with Gasteiger partial charge in [0.15, 0.2) is 0 Å². The number of alkyl halides is 1. The molecule has 1 aliphatic carbocycles. The van der Waals surface area contributed by atoms with Gasteiger partial charge in [0.05, 0.1) is 6.20 Å². The Kier molecular flexibility index (Phi) is 3.75. The van der Waals surface area contributed by atoms with Gasteiger partial charge in [-0.2, -0.15) is 9.40 Å². The molecule has 0 aliphatic heterocycles. The normalized spacial score (nSPS) is 16.6. The zero-order chi connectivity index (χ0) is 12.5.